The first kappa shape index (κ1) is 19.0. The van der Waals surface area contributed by atoms with Crippen molar-refractivity contribution in [2.24, 2.45) is 17.8 Å². The second-order valence-corrected chi connectivity index (χ2v) is 8.90. The van der Waals surface area contributed by atoms with Crippen molar-refractivity contribution in [3.8, 4) is 0 Å². The van der Waals surface area contributed by atoms with Gasteiger partial charge in [-0.3, -0.25) is 0 Å². The Bertz CT molecular complexity index is 514. The Labute approximate surface area is 160 Å². The summed E-state index contributed by atoms with van der Waals surface area (Å²) in [5.74, 6) is 3.65. The molecule has 2 fully saturated rings. The fraction of sp³-hybridized carbons (Fsp3) is 0.667. The predicted molar refractivity (Wildman–Crippen MR) is 110 cm³/mol. The van der Waals surface area contributed by atoms with Crippen LogP contribution in [0.2, 0.25) is 5.02 Å². The van der Waals surface area contributed by atoms with Crippen LogP contribution in [0.3, 0.4) is 0 Å². The Morgan fingerprint density at radius 3 is 1.96 bits per heavy atom. The highest BCUT2D eigenvalue weighted by molar-refractivity contribution is 6.30. The average Bonchev–Trinajstić information content (AvgIpc) is 2.67. The highest BCUT2D eigenvalue weighted by atomic mass is 35.5. The first-order valence-corrected chi connectivity index (χ1v) is 11.0. The Morgan fingerprint density at radius 2 is 1.40 bits per heavy atom. The van der Waals surface area contributed by atoms with Gasteiger partial charge in [0.15, 0.2) is 0 Å². The number of halogens is 1. The first-order chi connectivity index (χ1) is 12.2. The molecule has 0 bridgehead atoms. The van der Waals surface area contributed by atoms with Crippen molar-refractivity contribution in [3.63, 3.8) is 0 Å². The van der Waals surface area contributed by atoms with Crippen LogP contribution >= 0.6 is 11.6 Å². The van der Waals surface area contributed by atoms with E-state index in [1.807, 2.05) is 0 Å². The average molecular weight is 359 g/mol. The van der Waals surface area contributed by atoms with Crippen molar-refractivity contribution in [1.82, 2.24) is 0 Å². The van der Waals surface area contributed by atoms with E-state index < -0.39 is 0 Å². The quantitative estimate of drug-likeness (QED) is 0.450. The maximum atomic E-state index is 6.02. The van der Waals surface area contributed by atoms with Gasteiger partial charge >= 0.3 is 0 Å². The molecule has 2 aliphatic rings. The zero-order valence-electron chi connectivity index (χ0n) is 15.9. The molecule has 0 atom stereocenters. The minimum atomic E-state index is 0.773. The van der Waals surface area contributed by atoms with Gasteiger partial charge in [-0.25, -0.2) is 0 Å². The van der Waals surface area contributed by atoms with Gasteiger partial charge < -0.3 is 0 Å². The molecule has 0 amide bonds. The van der Waals surface area contributed by atoms with Crippen molar-refractivity contribution in [2.75, 3.05) is 0 Å². The van der Waals surface area contributed by atoms with Gasteiger partial charge in [-0.2, -0.15) is 0 Å². The third-order valence-electron chi connectivity index (χ3n) is 6.71. The smallest absolute Gasteiger partial charge is 0.0406 e. The van der Waals surface area contributed by atoms with Gasteiger partial charge in [0.1, 0.15) is 0 Å². The summed E-state index contributed by atoms with van der Waals surface area (Å²) in [6.45, 7) is 2.24. The minimum Gasteiger partial charge on any atom is -0.0885 e. The molecule has 0 aromatic heterocycles. The topological polar surface area (TPSA) is 0 Å². The van der Waals surface area contributed by atoms with Crippen LogP contribution in [0, 0.1) is 17.8 Å². The van der Waals surface area contributed by atoms with Crippen LogP contribution in [0.5, 0.6) is 0 Å². The van der Waals surface area contributed by atoms with Crippen molar-refractivity contribution >= 4 is 11.6 Å². The van der Waals surface area contributed by atoms with Crippen molar-refractivity contribution in [3.05, 3.63) is 47.0 Å². The zero-order chi connectivity index (χ0) is 17.5. The van der Waals surface area contributed by atoms with Gasteiger partial charge in [-0.05, 0) is 99.2 Å². The summed E-state index contributed by atoms with van der Waals surface area (Å²) >= 11 is 6.02. The predicted octanol–water partition coefficient (Wildman–Crippen LogP) is 8.17. The molecule has 2 aliphatic carbocycles. The largest absolute Gasteiger partial charge is 0.0885 e. The van der Waals surface area contributed by atoms with Crippen LogP contribution in [0.1, 0.15) is 89.0 Å². The van der Waals surface area contributed by atoms with E-state index in [1.54, 1.807) is 0 Å². The molecule has 0 saturated heterocycles. The maximum absolute atomic E-state index is 6.02. The molecule has 138 valence electrons. The lowest BCUT2D eigenvalue weighted by Gasteiger charge is -2.31. The molecule has 2 saturated carbocycles. The fourth-order valence-electron chi connectivity index (χ4n) is 4.99. The number of hydrogen-bond donors (Lipinski definition) is 0. The standard InChI is InChI=1S/C24H35Cl/c1-2-3-4-19-5-7-20(8-6-19)9-10-21-11-13-22(14-12-21)23-15-17-24(25)18-16-23/h3-4,15-22H,2,5-14H2,1H3/b4-3+/t19-,20-,21?,22?. The van der Waals surface area contributed by atoms with Crippen molar-refractivity contribution < 1.29 is 0 Å². The molecule has 0 unspecified atom stereocenters. The summed E-state index contributed by atoms with van der Waals surface area (Å²) in [4.78, 5) is 0. The van der Waals surface area contributed by atoms with Crippen molar-refractivity contribution in [1.29, 1.82) is 0 Å². The summed E-state index contributed by atoms with van der Waals surface area (Å²) in [5.41, 5.74) is 1.50. The molecule has 1 heteroatoms. The first-order valence-electron chi connectivity index (χ1n) is 10.7. The van der Waals surface area contributed by atoms with E-state index in [9.17, 15) is 0 Å². The van der Waals surface area contributed by atoms with Crippen LogP contribution in [0.15, 0.2) is 36.4 Å². The Hall–Kier alpha value is -0.750. The van der Waals surface area contributed by atoms with Gasteiger partial charge in [0.25, 0.3) is 0 Å². The van der Waals surface area contributed by atoms with Crippen LogP contribution in [-0.4, -0.2) is 0 Å². The van der Waals surface area contributed by atoms with E-state index in [-0.39, 0.29) is 0 Å². The summed E-state index contributed by atoms with van der Waals surface area (Å²) in [5, 5.41) is 0.859. The highest BCUT2D eigenvalue weighted by Gasteiger charge is 2.24. The minimum absolute atomic E-state index is 0.773. The normalized spacial score (nSPS) is 30.6. The molecule has 1 aromatic rings. The summed E-state index contributed by atoms with van der Waals surface area (Å²) in [6, 6.07) is 8.57. The third kappa shape index (κ3) is 5.88. The van der Waals surface area contributed by atoms with Gasteiger partial charge in [0.05, 0.1) is 0 Å². The molecule has 0 aliphatic heterocycles. The molecule has 0 nitrogen and oxygen atoms in total. The molecular formula is C24H35Cl. The molecule has 1 aromatic carbocycles. The van der Waals surface area contributed by atoms with Crippen molar-refractivity contribution in [2.45, 2.75) is 83.5 Å². The van der Waals surface area contributed by atoms with Gasteiger partial charge in [-0.1, -0.05) is 55.7 Å². The fourth-order valence-corrected chi connectivity index (χ4v) is 5.11. The molecule has 0 heterocycles. The Kier molecular flexibility index (Phi) is 7.47. The molecule has 25 heavy (non-hydrogen) atoms. The van der Waals surface area contributed by atoms with Crippen LogP contribution in [-0.2, 0) is 0 Å². The number of allylic oxidation sites excluding steroid dienone is 2. The lowest BCUT2D eigenvalue weighted by molar-refractivity contribution is 0.246. The van der Waals surface area contributed by atoms with E-state index in [2.05, 4.69) is 43.3 Å². The highest BCUT2D eigenvalue weighted by Crippen LogP contribution is 2.40. The number of benzene rings is 1. The van der Waals surface area contributed by atoms with E-state index in [0.29, 0.717) is 0 Å². The lowest BCUT2D eigenvalue weighted by Crippen LogP contribution is -2.17. The number of hydrogen-bond acceptors (Lipinski definition) is 0. The monoisotopic (exact) mass is 358 g/mol. The van der Waals surface area contributed by atoms with Gasteiger partial charge in [0, 0.05) is 5.02 Å². The summed E-state index contributed by atoms with van der Waals surface area (Å²) < 4.78 is 0. The zero-order valence-corrected chi connectivity index (χ0v) is 16.7. The lowest BCUT2D eigenvalue weighted by atomic mass is 9.74. The SMILES string of the molecule is CC/C=C/[C@H]1CC[C@H](CCC2CCC(c3ccc(Cl)cc3)CC2)CC1. The Balaban J connectivity index is 1.34. The summed E-state index contributed by atoms with van der Waals surface area (Å²) in [6.07, 6.45) is 20.4. The molecule has 0 spiro atoms. The maximum Gasteiger partial charge on any atom is 0.0406 e. The van der Waals surface area contributed by atoms with Crippen LogP contribution in [0.4, 0.5) is 0 Å². The summed E-state index contributed by atoms with van der Waals surface area (Å²) in [7, 11) is 0. The second-order valence-electron chi connectivity index (χ2n) is 8.46. The number of rotatable bonds is 6. The van der Waals surface area contributed by atoms with E-state index in [4.69, 9.17) is 11.6 Å². The van der Waals surface area contributed by atoms with E-state index in [0.717, 1.165) is 28.7 Å². The molecule has 3 rings (SSSR count). The second kappa shape index (κ2) is 9.81. The van der Waals surface area contributed by atoms with Crippen LogP contribution in [0.25, 0.3) is 0 Å². The third-order valence-corrected chi connectivity index (χ3v) is 6.96. The molecular weight excluding hydrogens is 324 g/mol. The van der Waals surface area contributed by atoms with Gasteiger partial charge in [0.2, 0.25) is 0 Å². The molecule has 0 radical (unpaired) electrons. The van der Waals surface area contributed by atoms with Gasteiger partial charge in [-0.15, -0.1) is 0 Å². The van der Waals surface area contributed by atoms with Crippen LogP contribution < -0.4 is 0 Å². The van der Waals surface area contributed by atoms with E-state index in [1.165, 1.54) is 76.2 Å². The molecule has 0 N–H and O–H groups in total. The Morgan fingerprint density at radius 1 is 0.840 bits per heavy atom. The van der Waals surface area contributed by atoms with E-state index >= 15 is 0 Å².